The number of benzene rings is 9. The van der Waals surface area contributed by atoms with E-state index >= 15 is 0 Å². The highest BCUT2D eigenvalue weighted by molar-refractivity contribution is 7.25. The fraction of sp³-hybridized carbons (Fsp3) is 0. The Bertz CT molecular complexity index is 2880. The molecule has 0 aliphatic rings. The van der Waals surface area contributed by atoms with Crippen molar-refractivity contribution in [2.45, 2.75) is 0 Å². The predicted molar refractivity (Wildman–Crippen MR) is 233 cm³/mol. The molecule has 0 amide bonds. The molecule has 0 aliphatic carbocycles. The van der Waals surface area contributed by atoms with Gasteiger partial charge in [0.1, 0.15) is 0 Å². The number of anilines is 3. The van der Waals surface area contributed by atoms with Gasteiger partial charge in [-0.3, -0.25) is 0 Å². The molecule has 0 unspecified atom stereocenters. The summed E-state index contributed by atoms with van der Waals surface area (Å²) in [4.78, 5) is 2.34. The average molecular weight is 706 g/mol. The van der Waals surface area contributed by atoms with Crippen molar-refractivity contribution in [3.8, 4) is 44.5 Å². The SMILES string of the molecule is c1ccc(-c2ccc(-c3ccc(N(c4ccccc4)c4ccc(-c5cc6sc7ccccc7c6cc5-c5cccc6ccccc56)cc4)cc3)cc2)cc1. The minimum absolute atomic E-state index is 1.11. The molecule has 1 heterocycles. The van der Waals surface area contributed by atoms with E-state index in [9.17, 15) is 0 Å². The van der Waals surface area contributed by atoms with E-state index in [2.05, 4.69) is 217 Å². The van der Waals surface area contributed by atoms with E-state index in [4.69, 9.17) is 0 Å². The maximum Gasteiger partial charge on any atom is 0.0462 e. The molecule has 254 valence electrons. The van der Waals surface area contributed by atoms with Crippen LogP contribution in [0, 0.1) is 0 Å². The minimum atomic E-state index is 1.11. The number of hydrogen-bond donors (Lipinski definition) is 0. The van der Waals surface area contributed by atoms with Crippen molar-refractivity contribution < 1.29 is 0 Å². The number of hydrogen-bond acceptors (Lipinski definition) is 2. The standard InChI is InChI=1S/C52H35NS/c1-3-12-36(13-4-1)37-22-24-38(25-23-37)39-26-30-43(31-27-39)53(42-16-5-2-6-17-42)44-32-28-41(29-33-44)48-35-52-50(47-19-9-10-21-51(47)54-52)34-49(48)46-20-11-15-40-14-7-8-18-45(40)46/h1-35H. The lowest BCUT2D eigenvalue weighted by atomic mass is 9.90. The summed E-state index contributed by atoms with van der Waals surface area (Å²) >= 11 is 1.87. The zero-order chi connectivity index (χ0) is 35.8. The number of rotatable bonds is 7. The molecular weight excluding hydrogens is 671 g/mol. The summed E-state index contributed by atoms with van der Waals surface area (Å²) in [5.41, 5.74) is 13.1. The molecule has 54 heavy (non-hydrogen) atoms. The molecule has 0 fully saturated rings. The topological polar surface area (TPSA) is 3.24 Å². The summed E-state index contributed by atoms with van der Waals surface area (Å²) in [7, 11) is 0. The van der Waals surface area contributed by atoms with Crippen LogP contribution < -0.4 is 4.90 Å². The van der Waals surface area contributed by atoms with Crippen LogP contribution in [-0.4, -0.2) is 0 Å². The molecule has 10 rings (SSSR count). The van der Waals surface area contributed by atoms with Crippen LogP contribution in [0.3, 0.4) is 0 Å². The van der Waals surface area contributed by atoms with E-state index in [1.807, 2.05) is 11.3 Å². The number of para-hydroxylation sites is 1. The minimum Gasteiger partial charge on any atom is -0.311 e. The third-order valence-corrected chi connectivity index (χ3v) is 11.6. The van der Waals surface area contributed by atoms with Gasteiger partial charge in [0.05, 0.1) is 0 Å². The van der Waals surface area contributed by atoms with Gasteiger partial charge >= 0.3 is 0 Å². The highest BCUT2D eigenvalue weighted by Gasteiger charge is 2.17. The first-order valence-corrected chi connectivity index (χ1v) is 19.2. The second-order valence-electron chi connectivity index (χ2n) is 13.7. The molecule has 1 nitrogen and oxygen atoms in total. The average Bonchev–Trinajstić information content (AvgIpc) is 3.62. The van der Waals surface area contributed by atoms with Crippen molar-refractivity contribution in [1.29, 1.82) is 0 Å². The van der Waals surface area contributed by atoms with Crippen LogP contribution in [0.4, 0.5) is 17.1 Å². The second kappa shape index (κ2) is 13.7. The molecule has 0 bridgehead atoms. The fourth-order valence-corrected chi connectivity index (χ4v) is 8.92. The Morgan fingerprint density at radius 3 is 1.46 bits per heavy atom. The van der Waals surface area contributed by atoms with Crippen LogP contribution in [0.25, 0.3) is 75.5 Å². The van der Waals surface area contributed by atoms with Crippen LogP contribution in [-0.2, 0) is 0 Å². The molecule has 1 aromatic heterocycles. The van der Waals surface area contributed by atoms with E-state index in [1.165, 1.54) is 75.5 Å². The van der Waals surface area contributed by atoms with Crippen LogP contribution in [0.1, 0.15) is 0 Å². The van der Waals surface area contributed by atoms with E-state index in [0.29, 0.717) is 0 Å². The molecular formula is C52H35NS. The largest absolute Gasteiger partial charge is 0.311 e. The van der Waals surface area contributed by atoms with Crippen molar-refractivity contribution in [3.63, 3.8) is 0 Å². The summed E-state index contributed by atoms with van der Waals surface area (Å²) in [6.07, 6.45) is 0. The smallest absolute Gasteiger partial charge is 0.0462 e. The maximum atomic E-state index is 2.42. The lowest BCUT2D eigenvalue weighted by molar-refractivity contribution is 1.28. The summed E-state index contributed by atoms with van der Waals surface area (Å²) in [5.74, 6) is 0. The fourth-order valence-electron chi connectivity index (χ4n) is 7.80. The highest BCUT2D eigenvalue weighted by atomic mass is 32.1. The van der Waals surface area contributed by atoms with Crippen LogP contribution in [0.15, 0.2) is 212 Å². The lowest BCUT2D eigenvalue weighted by Crippen LogP contribution is -2.09. The van der Waals surface area contributed by atoms with Gasteiger partial charge in [-0.2, -0.15) is 0 Å². The first-order valence-electron chi connectivity index (χ1n) is 18.4. The van der Waals surface area contributed by atoms with Crippen molar-refractivity contribution in [2.24, 2.45) is 0 Å². The van der Waals surface area contributed by atoms with E-state index in [0.717, 1.165) is 17.1 Å². The third-order valence-electron chi connectivity index (χ3n) is 10.5. The highest BCUT2D eigenvalue weighted by Crippen LogP contribution is 2.44. The van der Waals surface area contributed by atoms with E-state index in [-0.39, 0.29) is 0 Å². The van der Waals surface area contributed by atoms with E-state index < -0.39 is 0 Å². The van der Waals surface area contributed by atoms with Crippen LogP contribution in [0.2, 0.25) is 0 Å². The van der Waals surface area contributed by atoms with Gasteiger partial charge in [0.15, 0.2) is 0 Å². The normalized spacial score (nSPS) is 11.3. The molecule has 10 aromatic rings. The molecule has 0 saturated carbocycles. The van der Waals surface area contributed by atoms with Gasteiger partial charge in [-0.1, -0.05) is 158 Å². The van der Waals surface area contributed by atoms with Crippen molar-refractivity contribution in [3.05, 3.63) is 212 Å². The van der Waals surface area contributed by atoms with Crippen LogP contribution in [0.5, 0.6) is 0 Å². The summed E-state index contributed by atoms with van der Waals surface area (Å²) < 4.78 is 2.62. The Morgan fingerprint density at radius 1 is 0.278 bits per heavy atom. The number of thiophene rings is 1. The van der Waals surface area contributed by atoms with Gasteiger partial charge in [-0.05, 0) is 110 Å². The molecule has 0 aliphatic heterocycles. The quantitative estimate of drug-likeness (QED) is 0.160. The molecule has 2 heteroatoms. The Balaban J connectivity index is 1.04. The van der Waals surface area contributed by atoms with Gasteiger partial charge in [0.2, 0.25) is 0 Å². The molecule has 0 saturated heterocycles. The number of nitrogens with zero attached hydrogens (tertiary/aromatic N) is 1. The first kappa shape index (κ1) is 32.0. The number of fused-ring (bicyclic) bond motifs is 4. The molecule has 0 radical (unpaired) electrons. The Morgan fingerprint density at radius 2 is 0.778 bits per heavy atom. The maximum absolute atomic E-state index is 2.42. The van der Waals surface area contributed by atoms with Gasteiger partial charge in [-0.15, -0.1) is 11.3 Å². The zero-order valence-corrected chi connectivity index (χ0v) is 30.4. The van der Waals surface area contributed by atoms with Gasteiger partial charge < -0.3 is 4.90 Å². The Hall–Kier alpha value is -6.74. The van der Waals surface area contributed by atoms with Gasteiger partial charge in [0, 0.05) is 37.2 Å². The summed E-state index contributed by atoms with van der Waals surface area (Å²) in [5, 5.41) is 5.14. The van der Waals surface area contributed by atoms with Gasteiger partial charge in [-0.25, -0.2) is 0 Å². The Labute approximate surface area is 319 Å². The van der Waals surface area contributed by atoms with Crippen molar-refractivity contribution in [1.82, 2.24) is 0 Å². The monoisotopic (exact) mass is 705 g/mol. The third kappa shape index (κ3) is 5.84. The Kier molecular flexibility index (Phi) is 8.09. The molecule has 0 spiro atoms. The predicted octanol–water partition coefficient (Wildman–Crippen LogP) is 15.3. The van der Waals surface area contributed by atoms with Gasteiger partial charge in [0.25, 0.3) is 0 Å². The zero-order valence-electron chi connectivity index (χ0n) is 29.6. The van der Waals surface area contributed by atoms with Crippen molar-refractivity contribution >= 4 is 59.3 Å². The first-order chi connectivity index (χ1) is 26.8. The van der Waals surface area contributed by atoms with E-state index in [1.54, 1.807) is 0 Å². The van der Waals surface area contributed by atoms with Crippen LogP contribution >= 0.6 is 11.3 Å². The van der Waals surface area contributed by atoms with Crippen molar-refractivity contribution in [2.75, 3.05) is 4.90 Å². The molecule has 0 atom stereocenters. The lowest BCUT2D eigenvalue weighted by Gasteiger charge is -2.26. The second-order valence-corrected chi connectivity index (χ2v) is 14.8. The molecule has 0 N–H and O–H groups in total. The summed E-state index contributed by atoms with van der Waals surface area (Å²) in [6.45, 7) is 0. The summed E-state index contributed by atoms with van der Waals surface area (Å²) in [6, 6.07) is 77.1. The molecule has 9 aromatic carbocycles.